The monoisotopic (exact) mass is 396 g/mol. The van der Waals surface area contributed by atoms with Gasteiger partial charge in [0.15, 0.2) is 0 Å². The van der Waals surface area contributed by atoms with E-state index in [9.17, 15) is 5.11 Å². The molecule has 2 fully saturated rings. The van der Waals surface area contributed by atoms with E-state index >= 15 is 0 Å². The predicted molar refractivity (Wildman–Crippen MR) is 114 cm³/mol. The summed E-state index contributed by atoms with van der Waals surface area (Å²) in [4.78, 5) is 11.3. The Morgan fingerprint density at radius 2 is 1.83 bits per heavy atom. The topological polar surface area (TPSA) is 52.1 Å². The summed E-state index contributed by atoms with van der Waals surface area (Å²) in [5.41, 5.74) is 2.63. The van der Waals surface area contributed by atoms with Crippen molar-refractivity contribution in [3.63, 3.8) is 0 Å². The number of likely N-dealkylation sites (N-methyl/N-ethyl adjacent to an activating group) is 1. The van der Waals surface area contributed by atoms with E-state index in [2.05, 4.69) is 44.9 Å². The largest absolute Gasteiger partial charge is 0.491 e. The van der Waals surface area contributed by atoms with Crippen molar-refractivity contribution in [1.29, 1.82) is 0 Å². The molecule has 1 N–H and O–H groups in total. The minimum Gasteiger partial charge on any atom is -0.491 e. The van der Waals surface area contributed by atoms with Gasteiger partial charge in [-0.3, -0.25) is 14.8 Å². The number of benzene rings is 1. The summed E-state index contributed by atoms with van der Waals surface area (Å²) in [6.45, 7) is 8.31. The van der Waals surface area contributed by atoms with Crippen molar-refractivity contribution in [2.45, 2.75) is 18.6 Å². The van der Waals surface area contributed by atoms with Crippen LogP contribution in [-0.4, -0.2) is 90.4 Å². The Balaban J connectivity index is 1.16. The van der Waals surface area contributed by atoms with E-state index < -0.39 is 6.10 Å². The second-order valence-corrected chi connectivity index (χ2v) is 8.39. The maximum Gasteiger partial charge on any atom is 0.119 e. The Labute approximate surface area is 173 Å². The normalized spacial score (nSPS) is 20.3. The Morgan fingerprint density at radius 1 is 1.07 bits per heavy atom. The van der Waals surface area contributed by atoms with Crippen LogP contribution in [0.15, 0.2) is 48.8 Å². The zero-order chi connectivity index (χ0) is 20.1. The molecule has 156 valence electrons. The fraction of sp³-hybridized carbons (Fsp3) is 0.522. The van der Waals surface area contributed by atoms with Gasteiger partial charge in [-0.1, -0.05) is 18.2 Å². The molecule has 0 radical (unpaired) electrons. The lowest BCUT2D eigenvalue weighted by Gasteiger charge is -2.39. The first-order valence-electron chi connectivity index (χ1n) is 10.6. The molecule has 0 unspecified atom stereocenters. The number of β-amino-alcohol motifs (C(OH)–C–C–N with tert-alkyl or cyclic N) is 1. The Morgan fingerprint density at radius 3 is 2.52 bits per heavy atom. The molecule has 2 aliphatic heterocycles. The van der Waals surface area contributed by atoms with Crippen molar-refractivity contribution < 1.29 is 9.84 Å². The zero-order valence-corrected chi connectivity index (χ0v) is 17.3. The van der Waals surface area contributed by atoms with Gasteiger partial charge in [0.05, 0.1) is 0 Å². The molecule has 2 aromatic rings. The van der Waals surface area contributed by atoms with Crippen molar-refractivity contribution >= 4 is 0 Å². The second-order valence-electron chi connectivity index (χ2n) is 8.39. The summed E-state index contributed by atoms with van der Waals surface area (Å²) in [7, 11) is 2.14. The minimum absolute atomic E-state index is 0.338. The van der Waals surface area contributed by atoms with Crippen molar-refractivity contribution in [3.05, 3.63) is 59.9 Å². The Bertz CT molecular complexity index is 741. The molecule has 0 spiro atoms. The summed E-state index contributed by atoms with van der Waals surface area (Å²) < 4.78 is 5.80. The van der Waals surface area contributed by atoms with Crippen LogP contribution in [0.5, 0.6) is 5.75 Å². The lowest BCUT2D eigenvalue weighted by Crippen LogP contribution is -2.47. The van der Waals surface area contributed by atoms with E-state index in [0.717, 1.165) is 51.6 Å². The first-order valence-corrected chi connectivity index (χ1v) is 10.6. The molecule has 29 heavy (non-hydrogen) atoms. The molecule has 2 aliphatic rings. The highest BCUT2D eigenvalue weighted by Gasteiger charge is 2.27. The molecule has 0 aliphatic carbocycles. The van der Waals surface area contributed by atoms with Gasteiger partial charge in [-0.2, -0.15) is 0 Å². The minimum atomic E-state index is -0.455. The van der Waals surface area contributed by atoms with Gasteiger partial charge >= 0.3 is 0 Å². The molecule has 4 rings (SSSR count). The van der Waals surface area contributed by atoms with Crippen molar-refractivity contribution in [2.24, 2.45) is 0 Å². The zero-order valence-electron chi connectivity index (χ0n) is 17.3. The van der Waals surface area contributed by atoms with Crippen LogP contribution in [0.3, 0.4) is 0 Å². The van der Waals surface area contributed by atoms with Gasteiger partial charge in [0.25, 0.3) is 0 Å². The van der Waals surface area contributed by atoms with Gasteiger partial charge in [0.1, 0.15) is 18.5 Å². The first-order chi connectivity index (χ1) is 14.2. The number of ether oxygens (including phenoxy) is 1. The van der Waals surface area contributed by atoms with Crippen LogP contribution >= 0.6 is 0 Å². The molecular weight excluding hydrogens is 364 g/mol. The summed E-state index contributed by atoms with van der Waals surface area (Å²) in [5, 5.41) is 10.3. The molecule has 1 aromatic heterocycles. The summed E-state index contributed by atoms with van der Waals surface area (Å²) >= 11 is 0. The summed E-state index contributed by atoms with van der Waals surface area (Å²) in [5.74, 6) is 1.43. The number of nitrogens with zero attached hydrogens (tertiary/aromatic N) is 4. The average molecular weight is 397 g/mol. The number of aliphatic hydroxyl groups is 1. The average Bonchev–Trinajstić information content (AvgIpc) is 2.72. The highest BCUT2D eigenvalue weighted by Crippen LogP contribution is 2.28. The maximum atomic E-state index is 10.3. The predicted octanol–water partition coefficient (Wildman–Crippen LogP) is 1.67. The quantitative estimate of drug-likeness (QED) is 0.733. The molecule has 6 heteroatoms. The number of hydrogen-bond donors (Lipinski definition) is 1. The van der Waals surface area contributed by atoms with E-state index in [0.29, 0.717) is 19.1 Å². The van der Waals surface area contributed by atoms with Gasteiger partial charge in [0.2, 0.25) is 0 Å². The highest BCUT2D eigenvalue weighted by atomic mass is 16.5. The molecule has 0 bridgehead atoms. The number of hydrogen-bond acceptors (Lipinski definition) is 6. The third kappa shape index (κ3) is 5.76. The number of aromatic nitrogens is 1. The highest BCUT2D eigenvalue weighted by molar-refractivity contribution is 5.28. The molecular formula is C23H32N4O2. The fourth-order valence-corrected chi connectivity index (χ4v) is 4.05. The Hall–Kier alpha value is -1.99. The van der Waals surface area contributed by atoms with E-state index in [-0.39, 0.29) is 0 Å². The van der Waals surface area contributed by atoms with Gasteiger partial charge in [-0.25, -0.2) is 0 Å². The van der Waals surface area contributed by atoms with Crippen molar-refractivity contribution in [1.82, 2.24) is 19.7 Å². The lowest BCUT2D eigenvalue weighted by atomic mass is 9.92. The molecule has 1 aromatic carbocycles. The molecule has 3 heterocycles. The van der Waals surface area contributed by atoms with Crippen LogP contribution in [0.25, 0.3) is 0 Å². The Kier molecular flexibility index (Phi) is 6.77. The van der Waals surface area contributed by atoms with Crippen molar-refractivity contribution in [3.8, 4) is 5.75 Å². The lowest BCUT2D eigenvalue weighted by molar-refractivity contribution is 0.0504. The SMILES string of the molecule is CN1CCN(C[C@H](O)COc2ccc(CN3CC(c4cccnc4)C3)cc2)CC1. The van der Waals surface area contributed by atoms with E-state index in [1.807, 2.05) is 30.6 Å². The molecule has 6 nitrogen and oxygen atoms in total. The smallest absolute Gasteiger partial charge is 0.119 e. The molecule has 0 saturated carbocycles. The van der Waals surface area contributed by atoms with Crippen LogP contribution < -0.4 is 4.74 Å². The van der Waals surface area contributed by atoms with Crippen LogP contribution in [-0.2, 0) is 6.54 Å². The fourth-order valence-electron chi connectivity index (χ4n) is 4.05. The number of pyridine rings is 1. The van der Waals surface area contributed by atoms with Gasteiger partial charge < -0.3 is 14.7 Å². The van der Waals surface area contributed by atoms with E-state index in [4.69, 9.17) is 4.74 Å². The number of aliphatic hydroxyl groups excluding tert-OH is 1. The number of piperazine rings is 1. The standard InChI is InChI=1S/C23H32N4O2/c1-25-9-11-26(12-10-25)17-22(28)18-29-23-6-4-19(5-7-23)14-27-15-21(16-27)20-3-2-8-24-13-20/h2-8,13,21-22,28H,9-12,14-18H2,1H3/t22-/m0/s1. The summed E-state index contributed by atoms with van der Waals surface area (Å²) in [6, 6.07) is 12.4. The summed E-state index contributed by atoms with van der Waals surface area (Å²) in [6.07, 6.45) is 3.35. The van der Waals surface area contributed by atoms with Gasteiger partial charge in [-0.05, 0) is 36.4 Å². The second kappa shape index (κ2) is 9.67. The van der Waals surface area contributed by atoms with Gasteiger partial charge in [-0.15, -0.1) is 0 Å². The molecule has 2 saturated heterocycles. The van der Waals surface area contributed by atoms with Crippen LogP contribution in [0.2, 0.25) is 0 Å². The number of rotatable bonds is 8. The number of likely N-dealkylation sites (tertiary alicyclic amines) is 1. The van der Waals surface area contributed by atoms with E-state index in [1.54, 1.807) is 0 Å². The third-order valence-electron chi connectivity index (χ3n) is 5.95. The van der Waals surface area contributed by atoms with E-state index in [1.165, 1.54) is 11.1 Å². The molecule has 0 amide bonds. The first kappa shape index (κ1) is 20.3. The van der Waals surface area contributed by atoms with Gasteiger partial charge in [0, 0.05) is 70.7 Å². The van der Waals surface area contributed by atoms with Crippen molar-refractivity contribution in [2.75, 3.05) is 59.5 Å². The van der Waals surface area contributed by atoms with Crippen LogP contribution in [0.1, 0.15) is 17.0 Å². The maximum absolute atomic E-state index is 10.3. The third-order valence-corrected chi connectivity index (χ3v) is 5.95. The van der Waals surface area contributed by atoms with Crippen LogP contribution in [0.4, 0.5) is 0 Å². The molecule has 1 atom stereocenters. The van der Waals surface area contributed by atoms with Crippen LogP contribution in [0, 0.1) is 0 Å².